The molecule has 0 amide bonds. The van der Waals surface area contributed by atoms with Crippen molar-refractivity contribution in [3.05, 3.63) is 63.6 Å². The van der Waals surface area contributed by atoms with Crippen LogP contribution in [0.2, 0.25) is 10.0 Å². The highest BCUT2D eigenvalue weighted by Gasteiger charge is 2.07. The molecule has 2 aromatic rings. The first-order chi connectivity index (χ1) is 9.06. The maximum absolute atomic E-state index is 12.6. The molecule has 1 N–H and O–H groups in total. The Labute approximate surface area is 120 Å². The predicted octanol–water partition coefficient (Wildman–Crippen LogP) is 5.54. The Kier molecular flexibility index (Phi) is 4.61. The molecule has 0 saturated carbocycles. The molecule has 0 aliphatic heterocycles. The molecule has 0 aliphatic carbocycles. The Morgan fingerprint density at radius 1 is 1.00 bits per heavy atom. The fraction of sp³-hybridized carbons (Fsp3) is 0.143. The highest BCUT2D eigenvalue weighted by Crippen LogP contribution is 2.25. The normalized spacial score (nSPS) is 10.8. The summed E-state index contributed by atoms with van der Waals surface area (Å²) in [5, 5.41) is 4.04. The molecule has 0 bridgehead atoms. The predicted molar refractivity (Wildman–Crippen MR) is 75.2 cm³/mol. The van der Waals surface area contributed by atoms with Crippen LogP contribution >= 0.6 is 23.2 Å². The topological polar surface area (TPSA) is 12.0 Å². The van der Waals surface area contributed by atoms with E-state index in [9.17, 15) is 8.78 Å². The third-order valence-corrected chi connectivity index (χ3v) is 3.36. The van der Waals surface area contributed by atoms with Gasteiger partial charge in [-0.3, -0.25) is 0 Å². The smallest absolute Gasteiger partial charge is 0.263 e. The van der Waals surface area contributed by atoms with Crippen LogP contribution in [-0.4, -0.2) is 0 Å². The highest BCUT2D eigenvalue weighted by atomic mass is 35.5. The van der Waals surface area contributed by atoms with Crippen molar-refractivity contribution in [1.82, 2.24) is 0 Å². The molecule has 2 aromatic carbocycles. The third-order valence-electron chi connectivity index (χ3n) is 2.62. The first-order valence-corrected chi connectivity index (χ1v) is 6.38. The summed E-state index contributed by atoms with van der Waals surface area (Å²) in [6.45, 7) is 0.443. The van der Waals surface area contributed by atoms with E-state index in [-0.39, 0.29) is 5.56 Å². The molecule has 2 rings (SSSR count). The second kappa shape index (κ2) is 6.22. The van der Waals surface area contributed by atoms with Gasteiger partial charge in [0.25, 0.3) is 6.43 Å². The van der Waals surface area contributed by atoms with E-state index < -0.39 is 6.43 Å². The van der Waals surface area contributed by atoms with Crippen molar-refractivity contribution < 1.29 is 8.78 Å². The average molecular weight is 302 g/mol. The summed E-state index contributed by atoms with van der Waals surface area (Å²) >= 11 is 11.7. The van der Waals surface area contributed by atoms with Crippen molar-refractivity contribution >= 4 is 28.9 Å². The number of hydrogen-bond acceptors (Lipinski definition) is 1. The molecule has 19 heavy (non-hydrogen) atoms. The summed E-state index contributed by atoms with van der Waals surface area (Å²) in [5.74, 6) is 0. The minimum atomic E-state index is -2.45. The molecule has 1 nitrogen and oxygen atoms in total. The van der Waals surface area contributed by atoms with Crippen molar-refractivity contribution in [3.63, 3.8) is 0 Å². The van der Waals surface area contributed by atoms with Crippen LogP contribution in [0.25, 0.3) is 0 Å². The SMILES string of the molecule is FC(F)c1cccc(CNc2ccc(Cl)c(Cl)c2)c1. The zero-order chi connectivity index (χ0) is 13.8. The van der Waals surface area contributed by atoms with Gasteiger partial charge in [-0.2, -0.15) is 0 Å². The van der Waals surface area contributed by atoms with Gasteiger partial charge in [-0.1, -0.05) is 41.4 Å². The maximum Gasteiger partial charge on any atom is 0.263 e. The minimum absolute atomic E-state index is 0.0217. The van der Waals surface area contributed by atoms with Gasteiger partial charge in [-0.05, 0) is 29.8 Å². The summed E-state index contributed by atoms with van der Waals surface area (Å²) in [7, 11) is 0. The third kappa shape index (κ3) is 3.82. The Morgan fingerprint density at radius 2 is 1.79 bits per heavy atom. The van der Waals surface area contributed by atoms with E-state index in [4.69, 9.17) is 23.2 Å². The molecule has 0 radical (unpaired) electrons. The van der Waals surface area contributed by atoms with E-state index in [1.54, 1.807) is 30.3 Å². The van der Waals surface area contributed by atoms with E-state index in [1.165, 1.54) is 12.1 Å². The molecule has 0 atom stereocenters. The van der Waals surface area contributed by atoms with Crippen LogP contribution < -0.4 is 5.32 Å². The Bertz CT molecular complexity index is 573. The molecular weight excluding hydrogens is 291 g/mol. The molecule has 5 heteroatoms. The molecule has 0 spiro atoms. The van der Waals surface area contributed by atoms with Gasteiger partial charge in [0.1, 0.15) is 0 Å². The highest BCUT2D eigenvalue weighted by molar-refractivity contribution is 6.42. The summed E-state index contributed by atoms with van der Waals surface area (Å²) in [5.41, 5.74) is 1.59. The lowest BCUT2D eigenvalue weighted by Gasteiger charge is -2.09. The molecule has 0 saturated heterocycles. The number of benzene rings is 2. The van der Waals surface area contributed by atoms with Crippen LogP contribution in [0, 0.1) is 0 Å². The van der Waals surface area contributed by atoms with Gasteiger partial charge < -0.3 is 5.32 Å². The fourth-order valence-electron chi connectivity index (χ4n) is 1.65. The van der Waals surface area contributed by atoms with Gasteiger partial charge in [0.05, 0.1) is 10.0 Å². The second-order valence-electron chi connectivity index (χ2n) is 4.03. The van der Waals surface area contributed by atoms with Crippen LogP contribution in [-0.2, 0) is 6.54 Å². The van der Waals surface area contributed by atoms with Gasteiger partial charge in [0.2, 0.25) is 0 Å². The van der Waals surface area contributed by atoms with Crippen LogP contribution in [0.1, 0.15) is 17.6 Å². The molecule has 0 fully saturated rings. The fourth-order valence-corrected chi connectivity index (χ4v) is 1.95. The van der Waals surface area contributed by atoms with Gasteiger partial charge in [-0.25, -0.2) is 8.78 Å². The lowest BCUT2D eigenvalue weighted by Crippen LogP contribution is -2.00. The van der Waals surface area contributed by atoms with Crippen molar-refractivity contribution in [2.75, 3.05) is 5.32 Å². The van der Waals surface area contributed by atoms with Crippen LogP contribution in [0.3, 0.4) is 0 Å². The number of nitrogens with one attached hydrogen (secondary N) is 1. The minimum Gasteiger partial charge on any atom is -0.381 e. The second-order valence-corrected chi connectivity index (χ2v) is 4.84. The number of anilines is 1. The lowest BCUT2D eigenvalue weighted by atomic mass is 10.1. The monoisotopic (exact) mass is 301 g/mol. The van der Waals surface area contributed by atoms with E-state index >= 15 is 0 Å². The van der Waals surface area contributed by atoms with E-state index in [0.717, 1.165) is 11.3 Å². The number of alkyl halides is 2. The lowest BCUT2D eigenvalue weighted by molar-refractivity contribution is 0.151. The molecule has 100 valence electrons. The Hall–Kier alpha value is -1.32. The van der Waals surface area contributed by atoms with Crippen LogP contribution in [0.4, 0.5) is 14.5 Å². The maximum atomic E-state index is 12.6. The molecule has 0 unspecified atom stereocenters. The first kappa shape index (κ1) is 14.1. The summed E-state index contributed by atoms with van der Waals surface area (Å²) in [4.78, 5) is 0. The number of rotatable bonds is 4. The number of hydrogen-bond donors (Lipinski definition) is 1. The van der Waals surface area contributed by atoms with Gasteiger partial charge in [-0.15, -0.1) is 0 Å². The Balaban J connectivity index is 2.05. The first-order valence-electron chi connectivity index (χ1n) is 5.62. The molecule has 0 aliphatic rings. The van der Waals surface area contributed by atoms with Gasteiger partial charge >= 0.3 is 0 Å². The quantitative estimate of drug-likeness (QED) is 0.781. The van der Waals surface area contributed by atoms with E-state index in [0.29, 0.717) is 16.6 Å². The van der Waals surface area contributed by atoms with Crippen molar-refractivity contribution in [1.29, 1.82) is 0 Å². The summed E-state index contributed by atoms with van der Waals surface area (Å²) < 4.78 is 25.1. The van der Waals surface area contributed by atoms with Crippen LogP contribution in [0.5, 0.6) is 0 Å². The van der Waals surface area contributed by atoms with Gasteiger partial charge in [0.15, 0.2) is 0 Å². The molecule has 0 heterocycles. The number of halogens is 4. The van der Waals surface area contributed by atoms with E-state index in [1.807, 2.05) is 0 Å². The zero-order valence-corrected chi connectivity index (χ0v) is 11.3. The summed E-state index contributed by atoms with van der Waals surface area (Å²) in [6.07, 6.45) is -2.45. The summed E-state index contributed by atoms with van der Waals surface area (Å²) in [6, 6.07) is 11.5. The van der Waals surface area contributed by atoms with Crippen molar-refractivity contribution in [2.24, 2.45) is 0 Å². The zero-order valence-electron chi connectivity index (χ0n) is 9.84. The van der Waals surface area contributed by atoms with Crippen LogP contribution in [0.15, 0.2) is 42.5 Å². The Morgan fingerprint density at radius 3 is 2.47 bits per heavy atom. The molecule has 0 aromatic heterocycles. The van der Waals surface area contributed by atoms with Crippen molar-refractivity contribution in [2.45, 2.75) is 13.0 Å². The average Bonchev–Trinajstić information content (AvgIpc) is 2.40. The van der Waals surface area contributed by atoms with Gasteiger partial charge in [0, 0.05) is 17.8 Å². The standard InChI is InChI=1S/C14H11Cl2F2N/c15-12-5-4-11(7-13(12)16)19-8-9-2-1-3-10(6-9)14(17)18/h1-7,14,19H,8H2. The van der Waals surface area contributed by atoms with Crippen molar-refractivity contribution in [3.8, 4) is 0 Å². The molecular formula is C14H11Cl2F2N. The van der Waals surface area contributed by atoms with E-state index in [2.05, 4.69) is 5.32 Å². The largest absolute Gasteiger partial charge is 0.381 e.